The minimum absolute atomic E-state index is 0.145. The number of hydrogen-bond acceptors (Lipinski definition) is 3. The second kappa shape index (κ2) is 2.83. The lowest BCUT2D eigenvalue weighted by Crippen LogP contribution is -2.47. The van der Waals surface area contributed by atoms with Crippen LogP contribution in [-0.4, -0.2) is 13.2 Å². The fourth-order valence-corrected chi connectivity index (χ4v) is 2.32. The Labute approximate surface area is 76.3 Å². The highest BCUT2D eigenvalue weighted by atomic mass is 32.1. The lowest BCUT2D eigenvalue weighted by Gasteiger charge is -2.42. The van der Waals surface area contributed by atoms with Crippen LogP contribution >= 0.6 is 11.3 Å². The van der Waals surface area contributed by atoms with Gasteiger partial charge in [0.1, 0.15) is 0 Å². The molecule has 1 fully saturated rings. The predicted octanol–water partition coefficient (Wildman–Crippen LogP) is 1.78. The van der Waals surface area contributed by atoms with Gasteiger partial charge in [0.2, 0.25) is 0 Å². The lowest BCUT2D eigenvalue weighted by atomic mass is 9.80. The molecule has 1 aromatic heterocycles. The normalized spacial score (nSPS) is 23.2. The third-order valence-electron chi connectivity index (χ3n) is 2.46. The van der Waals surface area contributed by atoms with Crippen LogP contribution in [0.1, 0.15) is 17.8 Å². The van der Waals surface area contributed by atoms with E-state index in [9.17, 15) is 0 Å². The van der Waals surface area contributed by atoms with Crippen LogP contribution in [0.25, 0.3) is 0 Å². The van der Waals surface area contributed by atoms with E-state index in [0.717, 1.165) is 13.2 Å². The molecule has 0 radical (unpaired) electrons. The van der Waals surface area contributed by atoms with E-state index in [1.807, 2.05) is 6.07 Å². The summed E-state index contributed by atoms with van der Waals surface area (Å²) in [4.78, 5) is 1.26. The van der Waals surface area contributed by atoms with Gasteiger partial charge >= 0.3 is 0 Å². The van der Waals surface area contributed by atoms with Crippen molar-refractivity contribution in [3.8, 4) is 0 Å². The molecule has 0 amide bonds. The van der Waals surface area contributed by atoms with E-state index < -0.39 is 0 Å². The summed E-state index contributed by atoms with van der Waals surface area (Å²) in [6, 6.07) is 4.29. The number of rotatable bonds is 2. The Hall–Kier alpha value is -0.380. The number of hydrogen-bond donors (Lipinski definition) is 1. The maximum absolute atomic E-state index is 6.11. The molecule has 1 saturated heterocycles. The van der Waals surface area contributed by atoms with E-state index in [2.05, 4.69) is 18.4 Å². The Bertz CT molecular complexity index is 254. The summed E-state index contributed by atoms with van der Waals surface area (Å²) in [6.45, 7) is 3.78. The summed E-state index contributed by atoms with van der Waals surface area (Å²) in [7, 11) is 0. The molecular weight excluding hydrogens is 170 g/mol. The minimum atomic E-state index is 0.145. The molecular formula is C9H13NOS. The second-order valence-electron chi connectivity index (χ2n) is 3.64. The van der Waals surface area contributed by atoms with Gasteiger partial charge in [-0.3, -0.25) is 0 Å². The highest BCUT2D eigenvalue weighted by molar-refractivity contribution is 7.10. The minimum Gasteiger partial charge on any atom is -0.380 e. The van der Waals surface area contributed by atoms with E-state index in [-0.39, 0.29) is 11.5 Å². The SMILES string of the molecule is CC1(C(N)c2cccs2)COC1. The summed E-state index contributed by atoms with van der Waals surface area (Å²) in [5.74, 6) is 0. The van der Waals surface area contributed by atoms with Gasteiger partial charge in [-0.05, 0) is 11.4 Å². The molecule has 3 heteroatoms. The highest BCUT2D eigenvalue weighted by Crippen LogP contribution is 2.39. The van der Waals surface area contributed by atoms with Crippen molar-refractivity contribution in [3.63, 3.8) is 0 Å². The summed E-state index contributed by atoms with van der Waals surface area (Å²) < 4.78 is 5.18. The molecule has 2 nitrogen and oxygen atoms in total. The average molecular weight is 183 g/mol. The van der Waals surface area contributed by atoms with E-state index in [0.29, 0.717) is 0 Å². The lowest BCUT2D eigenvalue weighted by molar-refractivity contribution is -0.115. The predicted molar refractivity (Wildman–Crippen MR) is 50.2 cm³/mol. The Kier molecular flexibility index (Phi) is 1.94. The summed E-state index contributed by atoms with van der Waals surface area (Å²) in [5, 5.41) is 2.07. The van der Waals surface area contributed by atoms with Gasteiger partial charge in [0.25, 0.3) is 0 Å². The molecule has 66 valence electrons. The quantitative estimate of drug-likeness (QED) is 0.758. The molecule has 2 N–H and O–H groups in total. The van der Waals surface area contributed by atoms with Gasteiger partial charge in [-0.25, -0.2) is 0 Å². The van der Waals surface area contributed by atoms with Gasteiger partial charge in [0.15, 0.2) is 0 Å². The van der Waals surface area contributed by atoms with Crippen LogP contribution in [0.2, 0.25) is 0 Å². The van der Waals surface area contributed by atoms with Crippen LogP contribution in [0.4, 0.5) is 0 Å². The summed E-state index contributed by atoms with van der Waals surface area (Å²) in [5.41, 5.74) is 6.28. The number of ether oxygens (including phenoxy) is 1. The monoisotopic (exact) mass is 183 g/mol. The van der Waals surface area contributed by atoms with Gasteiger partial charge < -0.3 is 10.5 Å². The zero-order valence-corrected chi connectivity index (χ0v) is 7.93. The molecule has 0 bridgehead atoms. The van der Waals surface area contributed by atoms with Crippen molar-refractivity contribution in [1.29, 1.82) is 0 Å². The number of nitrogens with two attached hydrogens (primary N) is 1. The first kappa shape index (κ1) is 8.23. The van der Waals surface area contributed by atoms with Crippen molar-refractivity contribution in [2.24, 2.45) is 11.1 Å². The summed E-state index contributed by atoms with van der Waals surface area (Å²) in [6.07, 6.45) is 0. The molecule has 2 rings (SSSR count). The van der Waals surface area contributed by atoms with Crippen LogP contribution in [0.15, 0.2) is 17.5 Å². The van der Waals surface area contributed by atoms with Crippen molar-refractivity contribution in [2.45, 2.75) is 13.0 Å². The Morgan fingerprint density at radius 2 is 2.42 bits per heavy atom. The van der Waals surface area contributed by atoms with Crippen LogP contribution in [0.5, 0.6) is 0 Å². The Morgan fingerprint density at radius 3 is 2.83 bits per heavy atom. The van der Waals surface area contributed by atoms with Crippen LogP contribution in [0, 0.1) is 5.41 Å². The van der Waals surface area contributed by atoms with Gasteiger partial charge in [-0.2, -0.15) is 0 Å². The zero-order chi connectivity index (χ0) is 8.60. The number of thiophene rings is 1. The fraction of sp³-hybridized carbons (Fsp3) is 0.556. The third kappa shape index (κ3) is 1.18. The van der Waals surface area contributed by atoms with Crippen molar-refractivity contribution >= 4 is 11.3 Å². The van der Waals surface area contributed by atoms with Crippen molar-refractivity contribution in [2.75, 3.05) is 13.2 Å². The van der Waals surface area contributed by atoms with E-state index in [4.69, 9.17) is 10.5 Å². The molecule has 0 saturated carbocycles. The zero-order valence-electron chi connectivity index (χ0n) is 7.12. The molecule has 1 atom stereocenters. The molecule has 1 unspecified atom stereocenters. The maximum Gasteiger partial charge on any atom is 0.0560 e. The topological polar surface area (TPSA) is 35.2 Å². The first-order valence-corrected chi connectivity index (χ1v) is 4.97. The van der Waals surface area contributed by atoms with Crippen molar-refractivity contribution < 1.29 is 4.74 Å². The molecule has 2 heterocycles. The molecule has 1 aromatic rings. The van der Waals surface area contributed by atoms with Gasteiger partial charge in [0, 0.05) is 16.3 Å². The van der Waals surface area contributed by atoms with E-state index in [1.54, 1.807) is 11.3 Å². The van der Waals surface area contributed by atoms with E-state index >= 15 is 0 Å². The van der Waals surface area contributed by atoms with Crippen LogP contribution in [0.3, 0.4) is 0 Å². The largest absolute Gasteiger partial charge is 0.380 e. The van der Waals surface area contributed by atoms with Gasteiger partial charge in [0.05, 0.1) is 13.2 Å². The standard InChI is InChI=1S/C9H13NOS/c1-9(5-11-6-9)8(10)7-3-2-4-12-7/h2-4,8H,5-6,10H2,1H3. The van der Waals surface area contributed by atoms with Gasteiger partial charge in [-0.1, -0.05) is 13.0 Å². The fourth-order valence-electron chi connectivity index (χ4n) is 1.42. The second-order valence-corrected chi connectivity index (χ2v) is 4.62. The molecule has 0 aromatic carbocycles. The molecule has 0 spiro atoms. The third-order valence-corrected chi connectivity index (χ3v) is 3.42. The average Bonchev–Trinajstić information content (AvgIpc) is 2.50. The van der Waals surface area contributed by atoms with Crippen LogP contribution in [-0.2, 0) is 4.74 Å². The molecule has 0 aliphatic carbocycles. The summed E-state index contributed by atoms with van der Waals surface area (Å²) >= 11 is 1.73. The maximum atomic E-state index is 6.11. The molecule has 12 heavy (non-hydrogen) atoms. The van der Waals surface area contributed by atoms with Crippen molar-refractivity contribution in [3.05, 3.63) is 22.4 Å². The highest BCUT2D eigenvalue weighted by Gasteiger charge is 2.40. The first-order chi connectivity index (χ1) is 5.72. The smallest absolute Gasteiger partial charge is 0.0560 e. The van der Waals surface area contributed by atoms with Crippen molar-refractivity contribution in [1.82, 2.24) is 0 Å². The molecule has 1 aliphatic heterocycles. The first-order valence-electron chi connectivity index (χ1n) is 4.09. The molecule has 1 aliphatic rings. The van der Waals surface area contributed by atoms with E-state index in [1.165, 1.54) is 4.88 Å². The Balaban J connectivity index is 2.14. The van der Waals surface area contributed by atoms with Gasteiger partial charge in [-0.15, -0.1) is 11.3 Å². The van der Waals surface area contributed by atoms with Crippen LogP contribution < -0.4 is 5.73 Å². The Morgan fingerprint density at radius 1 is 1.67 bits per heavy atom.